The van der Waals surface area contributed by atoms with Crippen LogP contribution in [0.1, 0.15) is 25.0 Å². The fourth-order valence-electron chi connectivity index (χ4n) is 5.02. The highest BCUT2D eigenvalue weighted by molar-refractivity contribution is 6.92. The lowest BCUT2D eigenvalue weighted by Gasteiger charge is -2.28. The van der Waals surface area contributed by atoms with Crippen LogP contribution in [0, 0.1) is 20.4 Å². The maximum atomic E-state index is 7.40. The average Bonchev–Trinajstić information content (AvgIpc) is 3.17. The molecule has 3 aromatic carbocycles. The van der Waals surface area contributed by atoms with E-state index in [0.29, 0.717) is 11.2 Å². The molecule has 0 atom stereocenters. The Kier molecular flexibility index (Phi) is 5.15. The van der Waals surface area contributed by atoms with Crippen molar-refractivity contribution in [2.45, 2.75) is 46.3 Å². The number of rotatable bonds is 3. The molecule has 34 heavy (non-hydrogen) atoms. The summed E-state index contributed by atoms with van der Waals surface area (Å²) in [6.07, 6.45) is 0. The van der Waals surface area contributed by atoms with E-state index in [1.54, 1.807) is 0 Å². The van der Waals surface area contributed by atoms with Crippen LogP contribution in [-0.2, 0) is 7.05 Å². The van der Waals surface area contributed by atoms with Crippen molar-refractivity contribution in [3.8, 4) is 11.3 Å². The van der Waals surface area contributed by atoms with Gasteiger partial charge in [-0.1, -0.05) is 51.2 Å². The van der Waals surface area contributed by atoms with Gasteiger partial charge in [0.25, 0.3) is 0 Å². The van der Waals surface area contributed by atoms with Crippen LogP contribution in [0.4, 0.5) is 5.69 Å². The normalized spacial score (nSPS) is 12.2. The minimum atomic E-state index is -1.73. The highest BCUT2D eigenvalue weighted by atomic mass is 28.3. The van der Waals surface area contributed by atoms with Gasteiger partial charge in [0.05, 0.1) is 20.2 Å². The van der Waals surface area contributed by atoms with Gasteiger partial charge >= 0.3 is 0 Å². The van der Waals surface area contributed by atoms with Gasteiger partial charge in [-0.3, -0.25) is 0 Å². The molecule has 0 amide bonds. The Labute approximate surface area is 202 Å². The molecule has 0 saturated heterocycles. The average molecular weight is 464 g/mol. The molecule has 2 aromatic heterocycles. The number of aromatic nitrogens is 1. The van der Waals surface area contributed by atoms with E-state index in [1.807, 2.05) is 18.2 Å². The molecule has 0 bridgehead atoms. The Hall–Kier alpha value is -3.42. The summed E-state index contributed by atoms with van der Waals surface area (Å²) in [6.45, 7) is 21.5. The predicted octanol–water partition coefficient (Wildman–Crippen LogP) is 7.72. The first-order valence-electron chi connectivity index (χ1n) is 11.9. The fourth-order valence-corrected chi connectivity index (χ4v) is 7.06. The Morgan fingerprint density at radius 1 is 0.941 bits per heavy atom. The lowest BCUT2D eigenvalue weighted by Crippen LogP contribution is -2.47. The second kappa shape index (κ2) is 7.82. The molecule has 4 heteroatoms. The summed E-state index contributed by atoms with van der Waals surface area (Å²) in [7, 11) is 0.437. The second-order valence-corrected chi connectivity index (χ2v) is 15.5. The number of furan rings is 1. The van der Waals surface area contributed by atoms with Crippen LogP contribution in [0.5, 0.6) is 0 Å². The van der Waals surface area contributed by atoms with Gasteiger partial charge in [0.1, 0.15) is 18.2 Å². The third-order valence-electron chi connectivity index (χ3n) is 7.99. The molecule has 170 valence electrons. The van der Waals surface area contributed by atoms with E-state index < -0.39 is 8.07 Å². The summed E-state index contributed by atoms with van der Waals surface area (Å²) >= 11 is 0. The maximum Gasteiger partial charge on any atom is 0.216 e. The SMILES string of the molecule is [C-]#[N+]c1ccc2c(c1)oc1c(-c3cc([Si](C)(C)C(C)C)c4ccccc4[n+]3C)c(C)c(C)cc12. The van der Waals surface area contributed by atoms with Gasteiger partial charge in [0.15, 0.2) is 5.69 Å². The third-order valence-corrected chi connectivity index (χ3v) is 12.7. The van der Waals surface area contributed by atoms with E-state index in [9.17, 15) is 0 Å². The van der Waals surface area contributed by atoms with Crippen LogP contribution in [0.3, 0.4) is 0 Å². The van der Waals surface area contributed by atoms with Gasteiger partial charge in [-0.15, -0.1) is 0 Å². The van der Waals surface area contributed by atoms with E-state index in [-0.39, 0.29) is 0 Å². The monoisotopic (exact) mass is 463 g/mol. The topological polar surface area (TPSA) is 21.4 Å². The molecule has 0 spiro atoms. The molecule has 0 aliphatic heterocycles. The van der Waals surface area contributed by atoms with Crippen LogP contribution in [0.2, 0.25) is 18.6 Å². The molecule has 5 aromatic rings. The first kappa shape index (κ1) is 22.4. The standard InChI is InChI=1S/C30H31N2OSi/c1-18(2)34(7,8)28-17-26(32(6)25-12-10-9-11-23(25)28)29-20(4)19(3)15-24-22-14-13-21(31-5)16-27(22)33-30(24)29/h9-18H,1-4,6-8H3/q+1. The van der Waals surface area contributed by atoms with Crippen molar-refractivity contribution >= 4 is 51.8 Å². The molecule has 0 unspecified atom stereocenters. The number of nitrogens with zero attached hydrogens (tertiary/aromatic N) is 2. The van der Waals surface area contributed by atoms with Crippen LogP contribution >= 0.6 is 0 Å². The van der Waals surface area contributed by atoms with Crippen molar-refractivity contribution in [1.82, 2.24) is 0 Å². The molecule has 2 heterocycles. The lowest BCUT2D eigenvalue weighted by molar-refractivity contribution is -0.633. The Balaban J connectivity index is 1.95. The van der Waals surface area contributed by atoms with E-state index in [2.05, 4.69) is 93.6 Å². The maximum absolute atomic E-state index is 7.40. The Morgan fingerprint density at radius 3 is 2.38 bits per heavy atom. The summed E-state index contributed by atoms with van der Waals surface area (Å²) in [5.41, 5.74) is 8.96. The first-order chi connectivity index (χ1) is 16.1. The zero-order valence-electron chi connectivity index (χ0n) is 21.1. The number of fused-ring (bicyclic) bond motifs is 4. The highest BCUT2D eigenvalue weighted by Gasteiger charge is 2.33. The molecule has 0 fully saturated rings. The van der Waals surface area contributed by atoms with E-state index in [1.165, 1.54) is 32.9 Å². The quantitative estimate of drug-likeness (QED) is 0.152. The minimum absolute atomic E-state index is 0.602. The number of hydrogen-bond donors (Lipinski definition) is 0. The highest BCUT2D eigenvalue weighted by Crippen LogP contribution is 2.40. The Bertz CT molecular complexity index is 1650. The van der Waals surface area contributed by atoms with Gasteiger partial charge in [0.2, 0.25) is 11.2 Å². The zero-order chi connectivity index (χ0) is 24.4. The fraction of sp³-hybridized carbons (Fsp3) is 0.267. The van der Waals surface area contributed by atoms with Crippen LogP contribution in [-0.4, -0.2) is 8.07 Å². The summed E-state index contributed by atoms with van der Waals surface area (Å²) in [5.74, 6) is 0. The molecule has 3 nitrogen and oxygen atoms in total. The largest absolute Gasteiger partial charge is 0.456 e. The van der Waals surface area contributed by atoms with Crippen molar-refractivity contribution in [3.05, 3.63) is 77.1 Å². The molecule has 0 radical (unpaired) electrons. The number of aryl methyl sites for hydroxylation is 2. The van der Waals surface area contributed by atoms with Crippen molar-refractivity contribution in [1.29, 1.82) is 0 Å². The third kappa shape index (κ3) is 3.19. The molecular weight excluding hydrogens is 432 g/mol. The molecule has 0 aliphatic rings. The minimum Gasteiger partial charge on any atom is -0.456 e. The first-order valence-corrected chi connectivity index (χ1v) is 15.0. The lowest BCUT2D eigenvalue weighted by atomic mass is 9.96. The van der Waals surface area contributed by atoms with E-state index >= 15 is 0 Å². The summed E-state index contributed by atoms with van der Waals surface area (Å²) < 4.78 is 8.83. The van der Waals surface area contributed by atoms with Crippen LogP contribution < -0.4 is 9.75 Å². The number of para-hydroxylation sites is 1. The molecule has 0 saturated carbocycles. The zero-order valence-corrected chi connectivity index (χ0v) is 22.1. The summed E-state index contributed by atoms with van der Waals surface area (Å²) in [4.78, 5) is 3.60. The van der Waals surface area contributed by atoms with Gasteiger partial charge in [-0.05, 0) is 53.9 Å². The number of pyridine rings is 1. The van der Waals surface area contributed by atoms with Crippen molar-refractivity contribution in [2.24, 2.45) is 7.05 Å². The van der Waals surface area contributed by atoms with Crippen LogP contribution in [0.25, 0.3) is 48.9 Å². The van der Waals surface area contributed by atoms with Gasteiger partial charge in [-0.25, -0.2) is 4.85 Å². The van der Waals surface area contributed by atoms with Crippen molar-refractivity contribution < 1.29 is 8.98 Å². The number of benzene rings is 3. The van der Waals surface area contributed by atoms with Crippen molar-refractivity contribution in [2.75, 3.05) is 0 Å². The van der Waals surface area contributed by atoms with Gasteiger partial charge < -0.3 is 4.42 Å². The smallest absolute Gasteiger partial charge is 0.216 e. The van der Waals surface area contributed by atoms with E-state index in [0.717, 1.165) is 27.5 Å². The molecular formula is C30H31N2OSi+. The Morgan fingerprint density at radius 2 is 1.68 bits per heavy atom. The molecule has 5 rings (SSSR count). The van der Waals surface area contributed by atoms with Gasteiger partial charge in [-0.2, -0.15) is 4.57 Å². The molecule has 0 aliphatic carbocycles. The van der Waals surface area contributed by atoms with Gasteiger partial charge in [0, 0.05) is 28.3 Å². The van der Waals surface area contributed by atoms with Crippen molar-refractivity contribution in [3.63, 3.8) is 0 Å². The number of hydrogen-bond acceptors (Lipinski definition) is 1. The van der Waals surface area contributed by atoms with E-state index in [4.69, 9.17) is 11.0 Å². The van der Waals surface area contributed by atoms with Crippen LogP contribution in [0.15, 0.2) is 59.0 Å². The second-order valence-electron chi connectivity index (χ2n) is 10.4. The predicted molar refractivity (Wildman–Crippen MR) is 146 cm³/mol. The summed E-state index contributed by atoms with van der Waals surface area (Å²) in [5, 5.41) is 5.02. The summed E-state index contributed by atoms with van der Waals surface area (Å²) in [6, 6.07) is 19.2. The molecule has 0 N–H and O–H groups in total.